The summed E-state index contributed by atoms with van der Waals surface area (Å²) in [4.78, 5) is 43.9. The number of aromatic nitrogens is 2. The minimum Gasteiger partial charge on any atom is -0.333 e. The van der Waals surface area contributed by atoms with Gasteiger partial charge in [0.15, 0.2) is 0 Å². The van der Waals surface area contributed by atoms with E-state index in [-0.39, 0.29) is 24.4 Å². The second-order valence-electron chi connectivity index (χ2n) is 8.28. The Morgan fingerprint density at radius 2 is 2.00 bits per heavy atom. The summed E-state index contributed by atoms with van der Waals surface area (Å²) in [7, 11) is 3.55. The monoisotopic (exact) mass is 408 g/mol. The molecule has 5 rings (SSSR count). The number of rotatable bonds is 3. The van der Waals surface area contributed by atoms with Gasteiger partial charge < -0.3 is 20.0 Å². The smallest absolute Gasteiger partial charge is 0.320 e. The lowest BCUT2D eigenvalue weighted by Gasteiger charge is -2.34. The van der Waals surface area contributed by atoms with Gasteiger partial charge in [-0.25, -0.2) is 4.79 Å². The number of nitrogens with one attached hydrogen (secondary N) is 1. The fourth-order valence-electron chi connectivity index (χ4n) is 5.10. The summed E-state index contributed by atoms with van der Waals surface area (Å²) in [6.45, 7) is 1.59. The molecule has 30 heavy (non-hydrogen) atoms. The van der Waals surface area contributed by atoms with Gasteiger partial charge in [0, 0.05) is 51.2 Å². The first kappa shape index (κ1) is 18.7. The van der Waals surface area contributed by atoms with Gasteiger partial charge in [0.25, 0.3) is 0 Å². The number of urea groups is 1. The van der Waals surface area contributed by atoms with Gasteiger partial charge in [-0.15, -0.1) is 0 Å². The molecule has 2 atom stereocenters. The molecule has 4 amide bonds. The number of fused-ring (bicyclic) bond motifs is 2. The summed E-state index contributed by atoms with van der Waals surface area (Å²) >= 11 is 0. The lowest BCUT2D eigenvalue weighted by atomic mass is 9.73. The fourth-order valence-corrected chi connectivity index (χ4v) is 5.10. The maximum absolute atomic E-state index is 13.4. The Hall–Kier alpha value is -3.36. The topological polar surface area (TPSA) is 90.8 Å². The van der Waals surface area contributed by atoms with Crippen molar-refractivity contribution in [3.05, 3.63) is 47.8 Å². The highest BCUT2D eigenvalue weighted by molar-refractivity contribution is 6.07. The van der Waals surface area contributed by atoms with Crippen molar-refractivity contribution in [1.82, 2.24) is 24.5 Å². The van der Waals surface area contributed by atoms with E-state index in [0.29, 0.717) is 26.1 Å². The van der Waals surface area contributed by atoms with Gasteiger partial charge in [0.05, 0.1) is 12.2 Å². The molecule has 0 aliphatic carbocycles. The van der Waals surface area contributed by atoms with Gasteiger partial charge in [-0.05, 0) is 18.1 Å². The van der Waals surface area contributed by atoms with Crippen LogP contribution in [0.3, 0.4) is 0 Å². The van der Waals surface area contributed by atoms with Crippen molar-refractivity contribution in [2.45, 2.75) is 17.9 Å². The standard InChI is InChI=1S/C21H24N6O3/c1-24-9-10-26(20(24)30)13-17(28)27-8-7-21(18(27)14-11-22-25(2)12-14)15-5-3-4-6-16(15)23-19(21)29/h3-6,11-12,18H,7-10,13H2,1-2H3,(H,23,29)/t18-,21+/m0/s1. The van der Waals surface area contributed by atoms with Crippen LogP contribution >= 0.6 is 0 Å². The van der Waals surface area contributed by atoms with Gasteiger partial charge in [-0.1, -0.05) is 18.2 Å². The first-order valence-corrected chi connectivity index (χ1v) is 10.1. The Balaban J connectivity index is 1.54. The van der Waals surface area contributed by atoms with Gasteiger partial charge >= 0.3 is 6.03 Å². The van der Waals surface area contributed by atoms with E-state index in [1.165, 1.54) is 0 Å². The Bertz CT molecular complexity index is 1050. The molecule has 1 N–H and O–H groups in total. The molecule has 2 fully saturated rings. The van der Waals surface area contributed by atoms with Crippen LogP contribution in [0.4, 0.5) is 10.5 Å². The number of benzene rings is 1. The average molecular weight is 408 g/mol. The summed E-state index contributed by atoms with van der Waals surface area (Å²) in [5, 5.41) is 7.30. The molecule has 156 valence electrons. The summed E-state index contributed by atoms with van der Waals surface area (Å²) in [5.41, 5.74) is 1.67. The number of hydrogen-bond acceptors (Lipinski definition) is 4. The third-order valence-corrected chi connectivity index (χ3v) is 6.58. The maximum Gasteiger partial charge on any atom is 0.320 e. The maximum atomic E-state index is 13.4. The molecule has 9 heteroatoms. The molecule has 0 bridgehead atoms. The number of aryl methyl sites for hydroxylation is 1. The lowest BCUT2D eigenvalue weighted by Crippen LogP contribution is -2.46. The van der Waals surface area contributed by atoms with Crippen molar-refractivity contribution >= 4 is 23.5 Å². The highest BCUT2D eigenvalue weighted by Crippen LogP contribution is 2.54. The van der Waals surface area contributed by atoms with Crippen molar-refractivity contribution in [2.75, 3.05) is 38.5 Å². The van der Waals surface area contributed by atoms with Crippen LogP contribution in [0.2, 0.25) is 0 Å². The SMILES string of the molecule is CN1CCN(CC(=O)N2CC[C@]3(C(=O)Nc4ccccc43)[C@@H]2c2cnn(C)c2)C1=O. The third-order valence-electron chi connectivity index (χ3n) is 6.58. The molecule has 4 heterocycles. The van der Waals surface area contributed by atoms with E-state index in [2.05, 4.69) is 10.4 Å². The first-order valence-electron chi connectivity index (χ1n) is 10.1. The van der Waals surface area contributed by atoms with E-state index in [4.69, 9.17) is 0 Å². The van der Waals surface area contributed by atoms with Crippen LogP contribution in [0.25, 0.3) is 0 Å². The van der Waals surface area contributed by atoms with Gasteiger partial charge in [0.2, 0.25) is 11.8 Å². The molecular weight excluding hydrogens is 384 g/mol. The van der Waals surface area contributed by atoms with Crippen LogP contribution in [0.15, 0.2) is 36.7 Å². The number of para-hydroxylation sites is 1. The molecule has 0 radical (unpaired) electrons. The minimum atomic E-state index is -0.860. The fraction of sp³-hybridized carbons (Fsp3) is 0.429. The highest BCUT2D eigenvalue weighted by Gasteiger charge is 2.59. The van der Waals surface area contributed by atoms with Crippen molar-refractivity contribution in [3.63, 3.8) is 0 Å². The van der Waals surface area contributed by atoms with Crippen LogP contribution in [-0.2, 0) is 22.1 Å². The van der Waals surface area contributed by atoms with E-state index in [1.54, 1.807) is 32.6 Å². The summed E-state index contributed by atoms with van der Waals surface area (Å²) in [6.07, 6.45) is 4.11. The minimum absolute atomic E-state index is 0.0132. The second kappa shape index (κ2) is 6.58. The number of nitrogens with zero attached hydrogens (tertiary/aromatic N) is 5. The highest BCUT2D eigenvalue weighted by atomic mass is 16.2. The normalized spacial score (nSPS) is 25.4. The van der Waals surface area contributed by atoms with E-state index < -0.39 is 11.5 Å². The predicted molar refractivity (Wildman–Crippen MR) is 109 cm³/mol. The van der Waals surface area contributed by atoms with Crippen molar-refractivity contribution in [1.29, 1.82) is 0 Å². The molecule has 1 aromatic heterocycles. The van der Waals surface area contributed by atoms with Crippen molar-refractivity contribution in [3.8, 4) is 0 Å². The van der Waals surface area contributed by atoms with Crippen molar-refractivity contribution < 1.29 is 14.4 Å². The van der Waals surface area contributed by atoms with Crippen molar-refractivity contribution in [2.24, 2.45) is 7.05 Å². The Labute approximate surface area is 174 Å². The molecule has 3 aliphatic rings. The molecular formula is C21H24N6O3. The molecule has 2 saturated heterocycles. The summed E-state index contributed by atoms with van der Waals surface area (Å²) in [6, 6.07) is 7.06. The van der Waals surface area contributed by atoms with E-state index >= 15 is 0 Å². The zero-order valence-corrected chi connectivity index (χ0v) is 17.0. The van der Waals surface area contributed by atoms with Crippen LogP contribution in [0.1, 0.15) is 23.6 Å². The van der Waals surface area contributed by atoms with E-state index in [1.807, 2.05) is 37.5 Å². The van der Waals surface area contributed by atoms with Gasteiger partial charge in [-0.2, -0.15) is 5.10 Å². The van der Waals surface area contributed by atoms with E-state index in [9.17, 15) is 14.4 Å². The molecule has 9 nitrogen and oxygen atoms in total. The van der Waals surface area contributed by atoms with Gasteiger partial charge in [-0.3, -0.25) is 14.3 Å². The number of hydrogen-bond donors (Lipinski definition) is 1. The Morgan fingerprint density at radius 3 is 2.70 bits per heavy atom. The summed E-state index contributed by atoms with van der Waals surface area (Å²) < 4.78 is 1.68. The number of carbonyl (C=O) groups excluding carboxylic acids is 3. The molecule has 1 aromatic carbocycles. The predicted octanol–water partition coefficient (Wildman–Crippen LogP) is 0.951. The number of anilines is 1. The number of likely N-dealkylation sites (tertiary alicyclic amines) is 1. The number of amides is 4. The number of likely N-dealkylation sites (N-methyl/N-ethyl adjacent to an activating group) is 1. The molecule has 3 aliphatic heterocycles. The summed E-state index contributed by atoms with van der Waals surface area (Å²) in [5.74, 6) is -0.244. The molecule has 0 saturated carbocycles. The average Bonchev–Trinajstić information content (AvgIpc) is 3.47. The molecule has 2 aromatic rings. The van der Waals surface area contributed by atoms with Crippen LogP contribution in [0.5, 0.6) is 0 Å². The largest absolute Gasteiger partial charge is 0.333 e. The Morgan fingerprint density at radius 1 is 1.20 bits per heavy atom. The number of carbonyl (C=O) groups is 3. The molecule has 0 unspecified atom stereocenters. The molecule has 1 spiro atoms. The zero-order valence-electron chi connectivity index (χ0n) is 17.0. The van der Waals surface area contributed by atoms with E-state index in [0.717, 1.165) is 16.8 Å². The lowest BCUT2D eigenvalue weighted by molar-refractivity contribution is -0.134. The van der Waals surface area contributed by atoms with Crippen LogP contribution in [0, 0.1) is 0 Å². The first-order chi connectivity index (χ1) is 14.4. The van der Waals surface area contributed by atoms with Gasteiger partial charge in [0.1, 0.15) is 12.0 Å². The Kier molecular flexibility index (Phi) is 4.09. The zero-order chi connectivity index (χ0) is 21.0. The quantitative estimate of drug-likeness (QED) is 0.819. The van der Waals surface area contributed by atoms with Crippen LogP contribution < -0.4 is 5.32 Å². The van der Waals surface area contributed by atoms with Crippen LogP contribution in [-0.4, -0.2) is 75.6 Å². The second-order valence-corrected chi connectivity index (χ2v) is 8.28. The third kappa shape index (κ3) is 2.54.